The lowest BCUT2D eigenvalue weighted by atomic mass is 9.47. The zero-order valence-corrected chi connectivity index (χ0v) is 12.0. The van der Waals surface area contributed by atoms with E-state index >= 15 is 0 Å². The van der Waals surface area contributed by atoms with Crippen molar-refractivity contribution in [3.8, 4) is 0 Å². The summed E-state index contributed by atoms with van der Waals surface area (Å²) in [6, 6.07) is 0. The van der Waals surface area contributed by atoms with Crippen LogP contribution < -0.4 is 0 Å². The first-order chi connectivity index (χ1) is 10.1. The van der Waals surface area contributed by atoms with Gasteiger partial charge in [0.2, 0.25) is 0 Å². The standard InChI is InChI=1S/C16H22O5/c1-10-2-3-12-15(6-20-9-21-7-15)13(17)4-14(18)16(12)8-19-5-11(10)16/h2-3,11-14,17-18H,1,4-9H2/t11-,12-,13+,14-,16+/m0/s1. The molecule has 0 aromatic heterocycles. The zero-order chi connectivity index (χ0) is 14.7. The molecule has 0 aromatic rings. The highest BCUT2D eigenvalue weighted by molar-refractivity contribution is 5.34. The molecule has 5 nitrogen and oxygen atoms in total. The van der Waals surface area contributed by atoms with Crippen LogP contribution in [0.4, 0.5) is 0 Å². The van der Waals surface area contributed by atoms with Crippen LogP contribution in [0.2, 0.25) is 0 Å². The van der Waals surface area contributed by atoms with Crippen LogP contribution in [0, 0.1) is 22.7 Å². The van der Waals surface area contributed by atoms with Crippen molar-refractivity contribution in [1.29, 1.82) is 0 Å². The molecule has 2 N–H and O–H groups in total. The van der Waals surface area contributed by atoms with Gasteiger partial charge < -0.3 is 24.4 Å². The molecule has 2 aliphatic heterocycles. The summed E-state index contributed by atoms with van der Waals surface area (Å²) in [5, 5.41) is 21.4. The van der Waals surface area contributed by atoms with Gasteiger partial charge in [-0.15, -0.1) is 0 Å². The Bertz CT molecular complexity index is 481. The van der Waals surface area contributed by atoms with E-state index in [1.54, 1.807) is 0 Å². The quantitative estimate of drug-likeness (QED) is 0.680. The van der Waals surface area contributed by atoms with Crippen molar-refractivity contribution in [2.75, 3.05) is 33.2 Å². The maximum absolute atomic E-state index is 10.8. The number of hydrogen-bond donors (Lipinski definition) is 2. The molecule has 5 heteroatoms. The summed E-state index contributed by atoms with van der Waals surface area (Å²) in [6.07, 6.45) is 3.20. The van der Waals surface area contributed by atoms with Gasteiger partial charge in [-0.05, 0) is 5.57 Å². The van der Waals surface area contributed by atoms with Gasteiger partial charge in [0.25, 0.3) is 0 Å². The van der Waals surface area contributed by atoms with E-state index in [2.05, 4.69) is 12.7 Å². The Kier molecular flexibility index (Phi) is 3.07. The Labute approximate surface area is 124 Å². The third-order valence-electron chi connectivity index (χ3n) is 6.07. The molecule has 2 heterocycles. The molecule has 4 aliphatic rings. The fourth-order valence-corrected chi connectivity index (χ4v) is 4.95. The fourth-order valence-electron chi connectivity index (χ4n) is 4.95. The minimum absolute atomic E-state index is 0.0259. The molecule has 5 atom stereocenters. The van der Waals surface area contributed by atoms with E-state index in [9.17, 15) is 10.2 Å². The molecule has 2 spiro atoms. The van der Waals surface area contributed by atoms with Gasteiger partial charge in [-0.25, -0.2) is 0 Å². The predicted molar refractivity (Wildman–Crippen MR) is 74.3 cm³/mol. The maximum atomic E-state index is 10.8. The van der Waals surface area contributed by atoms with Gasteiger partial charge in [0, 0.05) is 23.7 Å². The molecule has 0 bridgehead atoms. The Balaban J connectivity index is 1.84. The zero-order valence-electron chi connectivity index (χ0n) is 12.0. The van der Waals surface area contributed by atoms with E-state index in [1.807, 2.05) is 6.08 Å². The summed E-state index contributed by atoms with van der Waals surface area (Å²) in [5.74, 6) is 0.0795. The molecule has 4 rings (SSSR count). The highest BCUT2D eigenvalue weighted by atomic mass is 16.7. The van der Waals surface area contributed by atoms with Crippen LogP contribution in [-0.2, 0) is 14.2 Å². The molecular formula is C16H22O5. The van der Waals surface area contributed by atoms with Crippen LogP contribution in [0.15, 0.2) is 24.3 Å². The molecule has 1 saturated carbocycles. The van der Waals surface area contributed by atoms with E-state index in [0.717, 1.165) is 5.57 Å². The molecule has 0 radical (unpaired) electrons. The molecule has 0 unspecified atom stereocenters. The van der Waals surface area contributed by atoms with Gasteiger partial charge in [-0.3, -0.25) is 0 Å². The lowest BCUT2D eigenvalue weighted by Gasteiger charge is -2.60. The van der Waals surface area contributed by atoms with Gasteiger partial charge in [-0.2, -0.15) is 0 Å². The molecule has 21 heavy (non-hydrogen) atoms. The minimum Gasteiger partial charge on any atom is -0.392 e. The number of ether oxygens (including phenoxy) is 3. The van der Waals surface area contributed by atoms with E-state index in [0.29, 0.717) is 32.8 Å². The van der Waals surface area contributed by atoms with Crippen LogP contribution in [-0.4, -0.2) is 55.6 Å². The predicted octanol–water partition coefficient (Wildman–Crippen LogP) is 0.478. The van der Waals surface area contributed by atoms with Crippen molar-refractivity contribution >= 4 is 0 Å². The van der Waals surface area contributed by atoms with Crippen molar-refractivity contribution in [2.24, 2.45) is 22.7 Å². The van der Waals surface area contributed by atoms with Crippen molar-refractivity contribution in [3.05, 3.63) is 24.3 Å². The maximum Gasteiger partial charge on any atom is 0.146 e. The first-order valence-corrected chi connectivity index (χ1v) is 7.57. The van der Waals surface area contributed by atoms with Gasteiger partial charge in [0.05, 0.1) is 44.1 Å². The van der Waals surface area contributed by atoms with Crippen LogP contribution >= 0.6 is 0 Å². The van der Waals surface area contributed by atoms with E-state index in [-0.39, 0.29) is 18.6 Å². The lowest BCUT2D eigenvalue weighted by molar-refractivity contribution is -0.259. The smallest absolute Gasteiger partial charge is 0.146 e. The molecule has 0 aromatic carbocycles. The molecule has 0 amide bonds. The fraction of sp³-hybridized carbons (Fsp3) is 0.750. The van der Waals surface area contributed by atoms with Gasteiger partial charge >= 0.3 is 0 Å². The number of aliphatic hydroxyl groups excluding tert-OH is 2. The second-order valence-electron chi connectivity index (χ2n) is 6.91. The lowest BCUT2D eigenvalue weighted by Crippen LogP contribution is -2.66. The Morgan fingerprint density at radius 2 is 1.86 bits per heavy atom. The third-order valence-corrected chi connectivity index (χ3v) is 6.07. The second-order valence-corrected chi connectivity index (χ2v) is 6.91. The van der Waals surface area contributed by atoms with Crippen molar-refractivity contribution in [1.82, 2.24) is 0 Å². The van der Waals surface area contributed by atoms with Crippen molar-refractivity contribution in [2.45, 2.75) is 18.6 Å². The number of fused-ring (bicyclic) bond motifs is 1. The average molecular weight is 294 g/mol. The molecule has 116 valence electrons. The summed E-state index contributed by atoms with van der Waals surface area (Å²) < 4.78 is 16.8. The number of hydrogen-bond acceptors (Lipinski definition) is 5. The Morgan fingerprint density at radius 3 is 2.62 bits per heavy atom. The van der Waals surface area contributed by atoms with Crippen LogP contribution in [0.25, 0.3) is 0 Å². The summed E-state index contributed by atoms with van der Waals surface area (Å²) >= 11 is 0. The van der Waals surface area contributed by atoms with E-state index < -0.39 is 23.0 Å². The van der Waals surface area contributed by atoms with Crippen molar-refractivity contribution in [3.63, 3.8) is 0 Å². The number of allylic oxidation sites excluding steroid dienone is 2. The normalized spacial score (nSPS) is 48.2. The summed E-state index contributed by atoms with van der Waals surface area (Å²) in [4.78, 5) is 0. The second kappa shape index (κ2) is 4.64. The monoisotopic (exact) mass is 294 g/mol. The van der Waals surface area contributed by atoms with Crippen LogP contribution in [0.1, 0.15) is 6.42 Å². The Morgan fingerprint density at radius 1 is 1.10 bits per heavy atom. The highest BCUT2D eigenvalue weighted by Gasteiger charge is 2.67. The molecule has 2 aliphatic carbocycles. The number of rotatable bonds is 0. The summed E-state index contributed by atoms with van der Waals surface area (Å²) in [7, 11) is 0. The summed E-state index contributed by atoms with van der Waals surface area (Å²) in [5.41, 5.74) is 0.0995. The molecule has 3 fully saturated rings. The Hall–Kier alpha value is -0.720. The van der Waals surface area contributed by atoms with Gasteiger partial charge in [0.1, 0.15) is 6.79 Å². The first-order valence-electron chi connectivity index (χ1n) is 7.57. The van der Waals surface area contributed by atoms with Gasteiger partial charge in [-0.1, -0.05) is 18.7 Å². The number of aliphatic hydroxyl groups is 2. The SMILES string of the molecule is C=C1C=C[C@H]2C3(COCOC3)[C@H](O)C[C@H](O)[C@@]23COC[C@@H]13. The first kappa shape index (κ1) is 13.9. The summed E-state index contributed by atoms with van der Waals surface area (Å²) in [6.45, 7) is 6.40. The average Bonchev–Trinajstić information content (AvgIpc) is 2.93. The van der Waals surface area contributed by atoms with Gasteiger partial charge in [0.15, 0.2) is 0 Å². The molecule has 2 saturated heterocycles. The van der Waals surface area contributed by atoms with Crippen LogP contribution in [0.3, 0.4) is 0 Å². The van der Waals surface area contributed by atoms with E-state index in [1.165, 1.54) is 0 Å². The third kappa shape index (κ3) is 1.64. The van der Waals surface area contributed by atoms with Crippen molar-refractivity contribution < 1.29 is 24.4 Å². The topological polar surface area (TPSA) is 68.2 Å². The largest absolute Gasteiger partial charge is 0.392 e. The van der Waals surface area contributed by atoms with E-state index in [4.69, 9.17) is 14.2 Å². The molecular weight excluding hydrogens is 272 g/mol. The van der Waals surface area contributed by atoms with Crippen LogP contribution in [0.5, 0.6) is 0 Å². The highest BCUT2D eigenvalue weighted by Crippen LogP contribution is 2.61. The minimum atomic E-state index is -0.638.